The van der Waals surface area contributed by atoms with Gasteiger partial charge < -0.3 is 10.3 Å². The van der Waals surface area contributed by atoms with Crippen LogP contribution in [-0.2, 0) is 12.8 Å². The maximum atomic E-state index is 5.37. The van der Waals surface area contributed by atoms with Crippen LogP contribution in [0.4, 0.5) is 0 Å². The summed E-state index contributed by atoms with van der Waals surface area (Å²) < 4.78 is 5.05. The van der Waals surface area contributed by atoms with Crippen molar-refractivity contribution in [2.24, 2.45) is 5.73 Å². The Balaban J connectivity index is 2.34. The highest BCUT2D eigenvalue weighted by molar-refractivity contribution is 4.86. The van der Waals surface area contributed by atoms with Crippen molar-refractivity contribution in [3.05, 3.63) is 11.7 Å². The maximum Gasteiger partial charge on any atom is 0.226 e. The molecule has 0 aliphatic rings. The number of rotatable bonds is 6. The molecule has 0 saturated carbocycles. The molecule has 0 bridgehead atoms. The van der Waals surface area contributed by atoms with Crippen molar-refractivity contribution in [1.29, 1.82) is 0 Å². The van der Waals surface area contributed by atoms with Gasteiger partial charge in [-0.2, -0.15) is 4.98 Å². The largest absolute Gasteiger partial charge is 0.339 e. The maximum absolute atomic E-state index is 5.37. The van der Waals surface area contributed by atoms with Crippen LogP contribution in [0.1, 0.15) is 37.9 Å². The molecule has 0 atom stereocenters. The van der Waals surface area contributed by atoms with E-state index in [1.54, 1.807) is 0 Å². The summed E-state index contributed by atoms with van der Waals surface area (Å²) >= 11 is 0. The minimum absolute atomic E-state index is 0.673. The minimum atomic E-state index is 0.673. The van der Waals surface area contributed by atoms with E-state index in [0.29, 0.717) is 6.54 Å². The van der Waals surface area contributed by atoms with Gasteiger partial charge in [0.2, 0.25) is 5.89 Å². The van der Waals surface area contributed by atoms with E-state index in [1.165, 1.54) is 0 Å². The summed E-state index contributed by atoms with van der Waals surface area (Å²) in [5.41, 5.74) is 5.37. The highest BCUT2D eigenvalue weighted by Crippen LogP contribution is 2.03. The summed E-state index contributed by atoms with van der Waals surface area (Å²) in [6.45, 7) is 2.82. The Morgan fingerprint density at radius 3 is 2.85 bits per heavy atom. The Kier molecular flexibility index (Phi) is 4.46. The highest BCUT2D eigenvalue weighted by atomic mass is 16.5. The zero-order valence-corrected chi connectivity index (χ0v) is 8.12. The lowest BCUT2D eigenvalue weighted by Gasteiger charge is -1.89. The second-order valence-electron chi connectivity index (χ2n) is 3.10. The molecule has 0 aliphatic carbocycles. The fourth-order valence-electron chi connectivity index (χ4n) is 1.08. The van der Waals surface area contributed by atoms with Gasteiger partial charge in [0.1, 0.15) is 0 Å². The molecular formula is C9H17N3O. The fraction of sp³-hybridized carbons (Fsp3) is 0.778. The van der Waals surface area contributed by atoms with Crippen LogP contribution in [0.3, 0.4) is 0 Å². The standard InChI is InChI=1S/C9H17N3O/c1-2-3-5-8-11-9(13-12-8)6-4-7-10/h2-7,10H2,1H3. The Bertz CT molecular complexity index is 212. The molecule has 0 amide bonds. The third-order valence-electron chi connectivity index (χ3n) is 1.86. The van der Waals surface area contributed by atoms with E-state index in [0.717, 1.165) is 43.8 Å². The van der Waals surface area contributed by atoms with Crippen molar-refractivity contribution in [3.8, 4) is 0 Å². The van der Waals surface area contributed by atoms with Gasteiger partial charge in [-0.05, 0) is 19.4 Å². The number of hydrogen-bond donors (Lipinski definition) is 1. The van der Waals surface area contributed by atoms with Crippen LogP contribution in [0.5, 0.6) is 0 Å². The van der Waals surface area contributed by atoms with Crippen molar-refractivity contribution in [2.75, 3.05) is 6.54 Å². The normalized spacial score (nSPS) is 10.6. The van der Waals surface area contributed by atoms with Gasteiger partial charge >= 0.3 is 0 Å². The first-order chi connectivity index (χ1) is 6.36. The van der Waals surface area contributed by atoms with Crippen LogP contribution >= 0.6 is 0 Å². The lowest BCUT2D eigenvalue weighted by Crippen LogP contribution is -2.00. The summed E-state index contributed by atoms with van der Waals surface area (Å²) in [4.78, 5) is 4.25. The summed E-state index contributed by atoms with van der Waals surface area (Å²) in [7, 11) is 0. The Morgan fingerprint density at radius 1 is 1.31 bits per heavy atom. The van der Waals surface area contributed by atoms with Crippen LogP contribution in [0.15, 0.2) is 4.52 Å². The van der Waals surface area contributed by atoms with Gasteiger partial charge in [-0.3, -0.25) is 0 Å². The summed E-state index contributed by atoms with van der Waals surface area (Å²) in [5.74, 6) is 1.55. The predicted molar refractivity (Wildman–Crippen MR) is 50.3 cm³/mol. The molecule has 0 aliphatic heterocycles. The second-order valence-corrected chi connectivity index (χ2v) is 3.10. The molecule has 0 unspecified atom stereocenters. The van der Waals surface area contributed by atoms with Crippen molar-refractivity contribution < 1.29 is 4.52 Å². The van der Waals surface area contributed by atoms with E-state index in [-0.39, 0.29) is 0 Å². The van der Waals surface area contributed by atoms with Crippen molar-refractivity contribution in [3.63, 3.8) is 0 Å². The van der Waals surface area contributed by atoms with Crippen LogP contribution < -0.4 is 5.73 Å². The van der Waals surface area contributed by atoms with Gasteiger partial charge in [-0.1, -0.05) is 18.5 Å². The lowest BCUT2D eigenvalue weighted by molar-refractivity contribution is 0.370. The molecule has 1 aromatic rings. The van der Waals surface area contributed by atoms with Crippen LogP contribution in [-0.4, -0.2) is 16.7 Å². The highest BCUT2D eigenvalue weighted by Gasteiger charge is 2.04. The molecule has 1 rings (SSSR count). The van der Waals surface area contributed by atoms with E-state index in [2.05, 4.69) is 17.1 Å². The van der Waals surface area contributed by atoms with Crippen LogP contribution in [0.2, 0.25) is 0 Å². The first kappa shape index (κ1) is 10.2. The first-order valence-electron chi connectivity index (χ1n) is 4.88. The molecule has 0 saturated heterocycles. The third-order valence-corrected chi connectivity index (χ3v) is 1.86. The molecule has 4 nitrogen and oxygen atoms in total. The molecule has 13 heavy (non-hydrogen) atoms. The number of unbranched alkanes of at least 4 members (excludes halogenated alkanes) is 1. The fourth-order valence-corrected chi connectivity index (χ4v) is 1.08. The molecule has 1 aromatic heterocycles. The quantitative estimate of drug-likeness (QED) is 0.722. The number of nitrogens with zero attached hydrogens (tertiary/aromatic N) is 2. The minimum Gasteiger partial charge on any atom is -0.339 e. The van der Waals surface area contributed by atoms with Crippen molar-refractivity contribution in [2.45, 2.75) is 39.0 Å². The number of aromatic nitrogens is 2. The van der Waals surface area contributed by atoms with E-state index in [4.69, 9.17) is 10.3 Å². The lowest BCUT2D eigenvalue weighted by atomic mass is 10.2. The van der Waals surface area contributed by atoms with Gasteiger partial charge in [0.25, 0.3) is 0 Å². The van der Waals surface area contributed by atoms with Crippen LogP contribution in [0.25, 0.3) is 0 Å². The van der Waals surface area contributed by atoms with E-state index in [1.807, 2.05) is 0 Å². The van der Waals surface area contributed by atoms with E-state index < -0.39 is 0 Å². The number of aryl methyl sites for hydroxylation is 2. The first-order valence-corrected chi connectivity index (χ1v) is 4.88. The molecule has 74 valence electrons. The van der Waals surface area contributed by atoms with Crippen molar-refractivity contribution in [1.82, 2.24) is 10.1 Å². The van der Waals surface area contributed by atoms with Crippen LogP contribution in [0, 0.1) is 0 Å². The summed E-state index contributed by atoms with van der Waals surface area (Å²) in [6, 6.07) is 0. The summed E-state index contributed by atoms with van der Waals surface area (Å²) in [6.07, 6.45) is 4.91. The Labute approximate surface area is 78.5 Å². The molecule has 4 heteroatoms. The van der Waals surface area contributed by atoms with Gasteiger partial charge in [0, 0.05) is 12.8 Å². The molecule has 2 N–H and O–H groups in total. The predicted octanol–water partition coefficient (Wildman–Crippen LogP) is 1.30. The van der Waals surface area contributed by atoms with Gasteiger partial charge in [0.15, 0.2) is 5.82 Å². The van der Waals surface area contributed by atoms with Crippen molar-refractivity contribution >= 4 is 0 Å². The molecule has 0 aromatic carbocycles. The zero-order chi connectivity index (χ0) is 9.52. The number of hydrogen-bond acceptors (Lipinski definition) is 4. The monoisotopic (exact) mass is 183 g/mol. The third kappa shape index (κ3) is 3.55. The van der Waals surface area contributed by atoms with E-state index in [9.17, 15) is 0 Å². The smallest absolute Gasteiger partial charge is 0.226 e. The van der Waals surface area contributed by atoms with Gasteiger partial charge in [0.05, 0.1) is 0 Å². The second kappa shape index (κ2) is 5.70. The Hall–Kier alpha value is -0.900. The van der Waals surface area contributed by atoms with Gasteiger partial charge in [-0.25, -0.2) is 0 Å². The summed E-state index contributed by atoms with van der Waals surface area (Å²) in [5, 5.41) is 3.88. The molecular weight excluding hydrogens is 166 g/mol. The average Bonchev–Trinajstić information content (AvgIpc) is 2.59. The molecule has 1 heterocycles. The SMILES string of the molecule is CCCCc1noc(CCCN)n1. The molecule has 0 spiro atoms. The zero-order valence-electron chi connectivity index (χ0n) is 8.12. The average molecular weight is 183 g/mol. The molecule has 0 radical (unpaired) electrons. The Morgan fingerprint density at radius 2 is 2.15 bits per heavy atom. The number of nitrogens with two attached hydrogens (primary N) is 1. The topological polar surface area (TPSA) is 64.9 Å². The van der Waals surface area contributed by atoms with Gasteiger partial charge in [-0.15, -0.1) is 0 Å². The molecule has 0 fully saturated rings. The van der Waals surface area contributed by atoms with E-state index >= 15 is 0 Å².